The predicted octanol–water partition coefficient (Wildman–Crippen LogP) is 2.19. The highest BCUT2D eigenvalue weighted by molar-refractivity contribution is 8.00. The highest BCUT2D eigenvalue weighted by atomic mass is 32.2. The maximum atomic E-state index is 11.4. The molecule has 0 saturated carbocycles. The summed E-state index contributed by atoms with van der Waals surface area (Å²) in [6.07, 6.45) is 3.12. The fourth-order valence-electron chi connectivity index (χ4n) is 1.25. The van der Waals surface area contributed by atoms with E-state index < -0.39 is 0 Å². The first kappa shape index (κ1) is 14.0. The topological polar surface area (TPSA) is 67.9 Å². The molecule has 0 radical (unpaired) electrons. The molecule has 1 N–H and O–H groups in total. The zero-order chi connectivity index (χ0) is 12.7. The van der Waals surface area contributed by atoms with Gasteiger partial charge in [-0.05, 0) is 20.3 Å². The van der Waals surface area contributed by atoms with E-state index in [1.165, 1.54) is 11.8 Å². The Morgan fingerprint density at radius 3 is 2.94 bits per heavy atom. The van der Waals surface area contributed by atoms with E-state index in [1.54, 1.807) is 13.8 Å². The average molecular weight is 257 g/mol. The normalized spacial score (nSPS) is 12.4. The first-order valence-corrected chi connectivity index (χ1v) is 6.79. The molecule has 0 aliphatic carbocycles. The second kappa shape index (κ2) is 7.32. The average Bonchev–Trinajstić information content (AvgIpc) is 2.74. The fourth-order valence-corrected chi connectivity index (χ4v) is 1.99. The summed E-state index contributed by atoms with van der Waals surface area (Å²) in [6.45, 7) is 6.13. The van der Waals surface area contributed by atoms with Crippen molar-refractivity contribution < 1.29 is 9.53 Å². The molecule has 96 valence electrons. The van der Waals surface area contributed by atoms with E-state index in [4.69, 9.17) is 4.74 Å². The van der Waals surface area contributed by atoms with E-state index in [1.807, 2.05) is 0 Å². The van der Waals surface area contributed by atoms with Crippen molar-refractivity contribution in [1.29, 1.82) is 0 Å². The quantitative estimate of drug-likeness (QED) is 0.599. The minimum Gasteiger partial charge on any atom is -0.465 e. The van der Waals surface area contributed by atoms with Crippen molar-refractivity contribution in [2.45, 2.75) is 50.4 Å². The number of H-pyrrole nitrogens is 1. The lowest BCUT2D eigenvalue weighted by Crippen LogP contribution is -2.16. The van der Waals surface area contributed by atoms with Gasteiger partial charge in [-0.3, -0.25) is 9.89 Å². The van der Waals surface area contributed by atoms with Crippen LogP contribution in [0.2, 0.25) is 0 Å². The number of esters is 1. The van der Waals surface area contributed by atoms with E-state index in [0.717, 1.165) is 25.1 Å². The molecule has 1 heterocycles. The lowest BCUT2D eigenvalue weighted by molar-refractivity contribution is -0.142. The molecule has 1 unspecified atom stereocenters. The fraction of sp³-hybridized carbons (Fsp3) is 0.727. The standard InChI is InChI=1S/C11H19N3O2S/c1-4-6-7-9-12-11(14-13-9)17-8(3)10(15)16-5-2/h8H,4-7H2,1-3H3,(H,12,13,14). The highest BCUT2D eigenvalue weighted by Gasteiger charge is 2.17. The van der Waals surface area contributed by atoms with Gasteiger partial charge in [-0.1, -0.05) is 25.1 Å². The van der Waals surface area contributed by atoms with E-state index in [-0.39, 0.29) is 11.2 Å². The summed E-state index contributed by atoms with van der Waals surface area (Å²) in [7, 11) is 0. The van der Waals surface area contributed by atoms with Gasteiger partial charge in [0.15, 0.2) is 0 Å². The smallest absolute Gasteiger partial charge is 0.319 e. The van der Waals surface area contributed by atoms with Crippen molar-refractivity contribution in [3.8, 4) is 0 Å². The van der Waals surface area contributed by atoms with Crippen LogP contribution in [-0.4, -0.2) is 33.0 Å². The van der Waals surface area contributed by atoms with Gasteiger partial charge in [0.2, 0.25) is 5.16 Å². The summed E-state index contributed by atoms with van der Waals surface area (Å²) in [5.74, 6) is 0.655. The molecular weight excluding hydrogens is 238 g/mol. The molecular formula is C11H19N3O2S. The minimum atomic E-state index is -0.273. The van der Waals surface area contributed by atoms with Crippen LogP contribution in [0.15, 0.2) is 5.16 Å². The SMILES string of the molecule is CCCCc1nc(SC(C)C(=O)OCC)n[nH]1. The molecule has 5 nitrogen and oxygen atoms in total. The van der Waals surface area contributed by atoms with Gasteiger partial charge >= 0.3 is 5.97 Å². The molecule has 0 aromatic carbocycles. The van der Waals surface area contributed by atoms with E-state index in [0.29, 0.717) is 11.8 Å². The van der Waals surface area contributed by atoms with Crippen molar-refractivity contribution in [2.75, 3.05) is 6.61 Å². The van der Waals surface area contributed by atoms with Crippen molar-refractivity contribution in [3.63, 3.8) is 0 Å². The van der Waals surface area contributed by atoms with Crippen LogP contribution in [0.25, 0.3) is 0 Å². The van der Waals surface area contributed by atoms with E-state index in [9.17, 15) is 4.79 Å². The number of aromatic nitrogens is 3. The molecule has 0 aliphatic heterocycles. The number of nitrogens with zero attached hydrogens (tertiary/aromatic N) is 2. The maximum Gasteiger partial charge on any atom is 0.319 e. The molecule has 0 bridgehead atoms. The number of hydrogen-bond donors (Lipinski definition) is 1. The third-order valence-corrected chi connectivity index (χ3v) is 3.12. The number of unbranched alkanes of at least 4 members (excludes halogenated alkanes) is 1. The Labute approximate surface area is 106 Å². The number of carbonyl (C=O) groups is 1. The van der Waals surface area contributed by atoms with Crippen LogP contribution < -0.4 is 0 Å². The maximum absolute atomic E-state index is 11.4. The molecule has 0 spiro atoms. The van der Waals surface area contributed by atoms with Gasteiger partial charge in [-0.15, -0.1) is 5.10 Å². The van der Waals surface area contributed by atoms with Gasteiger partial charge in [-0.25, -0.2) is 4.98 Å². The summed E-state index contributed by atoms with van der Waals surface area (Å²) in [5.41, 5.74) is 0. The number of carbonyl (C=O) groups excluding carboxylic acids is 1. The second-order valence-electron chi connectivity index (χ2n) is 3.68. The summed E-state index contributed by atoms with van der Waals surface area (Å²) in [5, 5.41) is 7.29. The Morgan fingerprint density at radius 1 is 1.53 bits per heavy atom. The van der Waals surface area contributed by atoms with Crippen LogP contribution in [0.3, 0.4) is 0 Å². The molecule has 1 atom stereocenters. The Hall–Kier alpha value is -1.04. The molecule has 0 amide bonds. The van der Waals surface area contributed by atoms with Crippen molar-refractivity contribution in [3.05, 3.63) is 5.82 Å². The molecule has 1 aromatic heterocycles. The first-order valence-electron chi connectivity index (χ1n) is 5.91. The summed E-state index contributed by atoms with van der Waals surface area (Å²) < 4.78 is 4.92. The molecule has 0 aliphatic rings. The Bertz CT molecular complexity index is 354. The monoisotopic (exact) mass is 257 g/mol. The van der Waals surface area contributed by atoms with Crippen molar-refractivity contribution in [2.24, 2.45) is 0 Å². The molecule has 0 saturated heterocycles. The van der Waals surface area contributed by atoms with Gasteiger partial charge in [-0.2, -0.15) is 0 Å². The summed E-state index contributed by atoms with van der Waals surface area (Å²) >= 11 is 1.32. The molecule has 6 heteroatoms. The van der Waals surface area contributed by atoms with E-state index >= 15 is 0 Å². The van der Waals surface area contributed by atoms with E-state index in [2.05, 4.69) is 22.1 Å². The molecule has 17 heavy (non-hydrogen) atoms. The molecule has 1 rings (SSSR count). The molecule has 0 fully saturated rings. The zero-order valence-electron chi connectivity index (χ0n) is 10.5. The minimum absolute atomic E-state index is 0.225. The summed E-state index contributed by atoms with van der Waals surface area (Å²) in [6, 6.07) is 0. The lowest BCUT2D eigenvalue weighted by atomic mass is 10.2. The number of ether oxygens (including phenoxy) is 1. The number of nitrogens with one attached hydrogen (secondary N) is 1. The summed E-state index contributed by atoms with van der Waals surface area (Å²) in [4.78, 5) is 15.7. The third-order valence-electron chi connectivity index (χ3n) is 2.18. The predicted molar refractivity (Wildman–Crippen MR) is 66.9 cm³/mol. The second-order valence-corrected chi connectivity index (χ2v) is 4.99. The number of rotatable bonds is 7. The first-order chi connectivity index (χ1) is 8.17. The Kier molecular flexibility index (Phi) is 6.04. The number of aryl methyl sites for hydroxylation is 1. The van der Waals surface area contributed by atoms with Gasteiger partial charge in [0.1, 0.15) is 11.1 Å². The Morgan fingerprint density at radius 2 is 2.29 bits per heavy atom. The van der Waals surface area contributed by atoms with Crippen LogP contribution in [0.1, 0.15) is 39.4 Å². The van der Waals surface area contributed by atoms with Gasteiger partial charge in [0.05, 0.1) is 6.61 Å². The van der Waals surface area contributed by atoms with Crippen LogP contribution >= 0.6 is 11.8 Å². The highest BCUT2D eigenvalue weighted by Crippen LogP contribution is 2.20. The lowest BCUT2D eigenvalue weighted by Gasteiger charge is -2.06. The zero-order valence-corrected chi connectivity index (χ0v) is 11.3. The van der Waals surface area contributed by atoms with Crippen LogP contribution in [-0.2, 0) is 16.0 Å². The van der Waals surface area contributed by atoms with Gasteiger partial charge < -0.3 is 4.74 Å². The van der Waals surface area contributed by atoms with Gasteiger partial charge in [0.25, 0.3) is 0 Å². The molecule has 1 aromatic rings. The largest absolute Gasteiger partial charge is 0.465 e. The van der Waals surface area contributed by atoms with Crippen LogP contribution in [0.4, 0.5) is 0 Å². The van der Waals surface area contributed by atoms with Crippen LogP contribution in [0.5, 0.6) is 0 Å². The number of hydrogen-bond acceptors (Lipinski definition) is 5. The van der Waals surface area contributed by atoms with Gasteiger partial charge in [0, 0.05) is 6.42 Å². The van der Waals surface area contributed by atoms with Crippen molar-refractivity contribution >= 4 is 17.7 Å². The number of thioether (sulfide) groups is 1. The van der Waals surface area contributed by atoms with Crippen molar-refractivity contribution in [1.82, 2.24) is 15.2 Å². The number of aromatic amines is 1. The van der Waals surface area contributed by atoms with Crippen LogP contribution in [0, 0.1) is 0 Å². The Balaban J connectivity index is 2.45. The third kappa shape index (κ3) is 4.77.